The number of para-hydroxylation sites is 1. The summed E-state index contributed by atoms with van der Waals surface area (Å²) in [6, 6.07) is 66.7. The Bertz CT molecular complexity index is 2900. The second-order valence-corrected chi connectivity index (χ2v) is 13.9. The van der Waals surface area contributed by atoms with Gasteiger partial charge in [-0.25, -0.2) is 0 Å². The lowest BCUT2D eigenvalue weighted by molar-refractivity contribution is 1.18. The Morgan fingerprint density at radius 3 is 1.23 bits per heavy atom. The molecule has 0 bridgehead atoms. The smallest absolute Gasteiger partial charge is 0.139 e. The summed E-state index contributed by atoms with van der Waals surface area (Å²) in [5, 5.41) is 5.09. The van der Waals surface area contributed by atoms with E-state index in [0.29, 0.717) is 0 Å². The second kappa shape index (κ2) is 12.1. The number of rotatable bonds is 5. The summed E-state index contributed by atoms with van der Waals surface area (Å²) in [6.07, 6.45) is 0. The van der Waals surface area contributed by atoms with Gasteiger partial charge in [0, 0.05) is 32.9 Å². The van der Waals surface area contributed by atoms with Gasteiger partial charge in [-0.3, -0.25) is 0 Å². The van der Waals surface area contributed by atoms with Crippen molar-refractivity contribution in [3.63, 3.8) is 0 Å². The molecule has 0 atom stereocenters. The molecular weight excluding hydrogens is 626 g/mol. The number of hydrogen-bond donors (Lipinski definition) is 0. The third-order valence-corrected chi connectivity index (χ3v) is 10.6. The molecule has 10 aromatic rings. The van der Waals surface area contributed by atoms with E-state index in [0.717, 1.165) is 5.69 Å². The van der Waals surface area contributed by atoms with Crippen molar-refractivity contribution in [1.82, 2.24) is 9.13 Å². The average molecular weight is 660 g/mol. The molecule has 0 aliphatic heterocycles. The highest BCUT2D eigenvalue weighted by atomic mass is 15.0. The first-order valence-corrected chi connectivity index (χ1v) is 18.0. The Morgan fingerprint density at radius 1 is 0.308 bits per heavy atom. The van der Waals surface area contributed by atoms with E-state index in [-0.39, 0.29) is 0 Å². The highest BCUT2D eigenvalue weighted by Gasteiger charge is 2.21. The molecule has 2 nitrogen and oxygen atoms in total. The Balaban J connectivity index is 1.30. The fourth-order valence-electron chi connectivity index (χ4n) is 8.29. The minimum atomic E-state index is 1.15. The van der Waals surface area contributed by atoms with Crippen LogP contribution >= 0.6 is 0 Å². The van der Waals surface area contributed by atoms with Crippen molar-refractivity contribution in [2.45, 2.75) is 0 Å². The lowest BCUT2D eigenvalue weighted by Crippen LogP contribution is -2.01. The first-order valence-electron chi connectivity index (χ1n) is 18.0. The van der Waals surface area contributed by atoms with Gasteiger partial charge >= 0.3 is 0 Å². The number of nitrogens with zero attached hydrogens (tertiary/aromatic N) is 2. The predicted molar refractivity (Wildman–Crippen MR) is 228 cm³/mol. The third kappa shape index (κ3) is 4.83. The lowest BCUT2D eigenvalue weighted by Gasteiger charge is -2.14. The van der Waals surface area contributed by atoms with Gasteiger partial charge in [-0.05, 0) is 88.0 Å². The van der Waals surface area contributed by atoms with Gasteiger partial charge in [0.25, 0.3) is 0 Å². The van der Waals surface area contributed by atoms with E-state index < -0.39 is 0 Å². The summed E-state index contributed by atoms with van der Waals surface area (Å²) in [4.78, 5) is 0. The largest absolute Gasteiger partial charge is 0.309 e. The monoisotopic (exact) mass is 660 g/mol. The van der Waals surface area contributed by atoms with E-state index in [2.05, 4.69) is 207 Å². The van der Waals surface area contributed by atoms with E-state index in [1.807, 2.05) is 0 Å². The standard InChI is InChI=1S/C48H34B2N2/c49-35-22-24-43-41(29-35)47-39(18-10-20-45(47)51(43)37-16-8-3-9-17-37)40-19-11-21-46-48(40)42-30-36(50)23-25-44(42)52(46)38-27-33(31-12-4-1-5-13-31)26-34(28-38)32-14-6-2-7-15-32/h1-30H,49-50H2. The zero-order valence-electron chi connectivity index (χ0n) is 29.2. The predicted octanol–water partition coefficient (Wildman–Crippen LogP) is 9.40. The maximum absolute atomic E-state index is 2.48. The lowest BCUT2D eigenvalue weighted by atomic mass is 9.90. The summed E-state index contributed by atoms with van der Waals surface area (Å²) in [6.45, 7) is 0. The molecule has 52 heavy (non-hydrogen) atoms. The second-order valence-electron chi connectivity index (χ2n) is 13.9. The minimum Gasteiger partial charge on any atom is -0.309 e. The Kier molecular flexibility index (Phi) is 7.04. The van der Waals surface area contributed by atoms with E-state index in [9.17, 15) is 0 Å². The minimum absolute atomic E-state index is 1.15. The van der Waals surface area contributed by atoms with Crippen LogP contribution in [0.1, 0.15) is 0 Å². The van der Waals surface area contributed by atoms with Crippen molar-refractivity contribution in [1.29, 1.82) is 0 Å². The van der Waals surface area contributed by atoms with Gasteiger partial charge < -0.3 is 9.13 Å². The zero-order chi connectivity index (χ0) is 34.8. The molecule has 2 aromatic heterocycles. The van der Waals surface area contributed by atoms with Crippen LogP contribution in [0.25, 0.3) is 88.4 Å². The Hall–Kier alpha value is -6.51. The average Bonchev–Trinajstić information content (AvgIpc) is 3.71. The summed E-state index contributed by atoms with van der Waals surface area (Å²) in [7, 11) is 4.39. The number of hydrogen-bond acceptors (Lipinski definition) is 0. The molecule has 0 spiro atoms. The van der Waals surface area contributed by atoms with E-state index in [1.54, 1.807) is 0 Å². The van der Waals surface area contributed by atoms with Gasteiger partial charge in [-0.15, -0.1) is 0 Å². The quantitative estimate of drug-likeness (QED) is 0.163. The molecule has 0 amide bonds. The molecule has 0 unspecified atom stereocenters. The van der Waals surface area contributed by atoms with Gasteiger partial charge in [-0.2, -0.15) is 0 Å². The summed E-state index contributed by atoms with van der Waals surface area (Å²) < 4.78 is 4.89. The van der Waals surface area contributed by atoms with Crippen molar-refractivity contribution >= 4 is 70.2 Å². The molecule has 0 fully saturated rings. The normalized spacial score (nSPS) is 11.6. The molecule has 0 N–H and O–H groups in total. The molecule has 0 aliphatic rings. The van der Waals surface area contributed by atoms with E-state index in [1.165, 1.54) is 93.6 Å². The third-order valence-electron chi connectivity index (χ3n) is 10.6. The van der Waals surface area contributed by atoms with Crippen LogP contribution in [0.2, 0.25) is 0 Å². The van der Waals surface area contributed by atoms with Crippen molar-refractivity contribution < 1.29 is 0 Å². The van der Waals surface area contributed by atoms with Gasteiger partial charge in [-0.1, -0.05) is 138 Å². The van der Waals surface area contributed by atoms with Gasteiger partial charge in [0.1, 0.15) is 15.7 Å². The highest BCUT2D eigenvalue weighted by molar-refractivity contribution is 6.35. The van der Waals surface area contributed by atoms with Crippen molar-refractivity contribution in [2.75, 3.05) is 0 Å². The van der Waals surface area contributed by atoms with E-state index >= 15 is 0 Å². The first-order chi connectivity index (χ1) is 25.6. The molecule has 0 radical (unpaired) electrons. The van der Waals surface area contributed by atoms with E-state index in [4.69, 9.17) is 0 Å². The summed E-state index contributed by atoms with van der Waals surface area (Å²) in [5.41, 5.74) is 16.9. The molecular formula is C48H34B2N2. The molecule has 8 aromatic carbocycles. The van der Waals surface area contributed by atoms with Crippen LogP contribution in [0, 0.1) is 0 Å². The molecule has 4 heteroatoms. The van der Waals surface area contributed by atoms with Crippen LogP contribution < -0.4 is 10.9 Å². The van der Waals surface area contributed by atoms with Crippen LogP contribution in [0.4, 0.5) is 0 Å². The summed E-state index contributed by atoms with van der Waals surface area (Å²) in [5.74, 6) is 0. The molecule has 242 valence electrons. The highest BCUT2D eigenvalue weighted by Crippen LogP contribution is 2.44. The van der Waals surface area contributed by atoms with Gasteiger partial charge in [0.15, 0.2) is 0 Å². The Morgan fingerprint density at radius 2 is 0.750 bits per heavy atom. The van der Waals surface area contributed by atoms with Crippen LogP contribution in [0.15, 0.2) is 182 Å². The van der Waals surface area contributed by atoms with Crippen LogP contribution in [0.5, 0.6) is 0 Å². The number of benzene rings is 8. The van der Waals surface area contributed by atoms with Crippen LogP contribution in [-0.4, -0.2) is 24.8 Å². The first kappa shape index (κ1) is 30.3. The fourth-order valence-corrected chi connectivity index (χ4v) is 8.29. The maximum Gasteiger partial charge on any atom is 0.139 e. The van der Waals surface area contributed by atoms with Crippen molar-refractivity contribution in [3.05, 3.63) is 182 Å². The van der Waals surface area contributed by atoms with Crippen LogP contribution in [0.3, 0.4) is 0 Å². The van der Waals surface area contributed by atoms with Crippen molar-refractivity contribution in [3.8, 4) is 44.8 Å². The number of fused-ring (bicyclic) bond motifs is 6. The number of aromatic nitrogens is 2. The molecule has 10 rings (SSSR count). The molecule has 0 aliphatic carbocycles. The topological polar surface area (TPSA) is 9.86 Å². The zero-order valence-corrected chi connectivity index (χ0v) is 29.2. The summed E-state index contributed by atoms with van der Waals surface area (Å²) >= 11 is 0. The maximum atomic E-state index is 2.48. The molecule has 0 saturated heterocycles. The van der Waals surface area contributed by atoms with Gasteiger partial charge in [0.05, 0.1) is 22.1 Å². The Labute approximate surface area is 305 Å². The molecule has 0 saturated carbocycles. The fraction of sp³-hybridized carbons (Fsp3) is 0. The molecule has 2 heterocycles. The van der Waals surface area contributed by atoms with Crippen molar-refractivity contribution in [2.24, 2.45) is 0 Å². The SMILES string of the molecule is Bc1ccc2c(c1)c1c(-c3cccc4c3c3cc(B)ccc3n4-c3cc(-c4ccccc4)cc(-c4ccccc4)c3)cccc1n2-c1ccccc1. The van der Waals surface area contributed by atoms with Gasteiger partial charge in [0.2, 0.25) is 0 Å². The van der Waals surface area contributed by atoms with Crippen LogP contribution in [-0.2, 0) is 0 Å².